The van der Waals surface area contributed by atoms with Gasteiger partial charge in [0.15, 0.2) is 8.32 Å². The number of rotatable bonds is 9. The Kier molecular flexibility index (Phi) is 8.52. The molecule has 1 fully saturated rings. The molecule has 0 aliphatic carbocycles. The molecule has 0 amide bonds. The highest BCUT2D eigenvalue weighted by molar-refractivity contribution is 6.74. The average molecular weight is 407 g/mol. The number of hydrogen-bond acceptors (Lipinski definition) is 6. The molecule has 0 radical (unpaired) electrons. The fraction of sp³-hybridized carbons (Fsp3) is 1.00. The van der Waals surface area contributed by atoms with Crippen molar-refractivity contribution in [2.45, 2.75) is 109 Å². The second-order valence-electron chi connectivity index (χ2n) is 9.32. The van der Waals surface area contributed by atoms with E-state index in [2.05, 4.69) is 40.8 Å². The van der Waals surface area contributed by atoms with Crippen LogP contribution in [0.25, 0.3) is 0 Å². The Balaban J connectivity index is 3.07. The Morgan fingerprint density at radius 1 is 1.07 bits per heavy atom. The van der Waals surface area contributed by atoms with Gasteiger partial charge in [-0.3, -0.25) is 0 Å². The lowest BCUT2D eigenvalue weighted by atomic mass is 9.98. The number of ether oxygens (including phenoxy) is 4. The molecule has 27 heavy (non-hydrogen) atoms. The van der Waals surface area contributed by atoms with Gasteiger partial charge in [0.2, 0.25) is 11.6 Å². The molecule has 0 unspecified atom stereocenters. The second kappa shape index (κ2) is 9.20. The molecule has 5 atom stereocenters. The van der Waals surface area contributed by atoms with Gasteiger partial charge in [0.05, 0.1) is 12.7 Å². The summed E-state index contributed by atoms with van der Waals surface area (Å²) in [7, 11) is 1.16. The van der Waals surface area contributed by atoms with Crippen molar-refractivity contribution < 1.29 is 28.5 Å². The highest BCUT2D eigenvalue weighted by Gasteiger charge is 2.58. The van der Waals surface area contributed by atoms with Crippen LogP contribution in [-0.4, -0.2) is 64.1 Å². The molecule has 6 nitrogen and oxygen atoms in total. The van der Waals surface area contributed by atoms with E-state index in [1.165, 1.54) is 0 Å². The lowest BCUT2D eigenvalue weighted by molar-refractivity contribution is -0.455. The molecule has 0 saturated carbocycles. The zero-order valence-electron chi connectivity index (χ0n) is 19.0. The average Bonchev–Trinajstić information content (AvgIpc) is 2.59. The SMILES string of the molecule is CCCC[C@@H](O)[C@H]1O[C@@](C)(OC)[C@](C)(OC)O[C@H]1CO[Si](C)(C)C(C)(C)C. The summed E-state index contributed by atoms with van der Waals surface area (Å²) in [6.07, 6.45) is 0.919. The maximum absolute atomic E-state index is 10.8. The first kappa shape index (κ1) is 25.0. The zero-order valence-corrected chi connectivity index (χ0v) is 20.0. The fourth-order valence-corrected chi connectivity index (χ4v) is 3.93. The normalized spacial score (nSPS) is 33.9. The molecule has 0 spiro atoms. The Morgan fingerprint density at radius 3 is 2.04 bits per heavy atom. The monoisotopic (exact) mass is 406 g/mol. The van der Waals surface area contributed by atoms with Gasteiger partial charge in [0, 0.05) is 14.2 Å². The van der Waals surface area contributed by atoms with Crippen LogP contribution in [0.2, 0.25) is 18.1 Å². The van der Waals surface area contributed by atoms with E-state index < -0.39 is 38.2 Å². The van der Waals surface area contributed by atoms with Crippen LogP contribution in [0.3, 0.4) is 0 Å². The first-order chi connectivity index (χ1) is 12.3. The summed E-state index contributed by atoms with van der Waals surface area (Å²) in [5, 5.41) is 10.9. The number of methoxy groups -OCH3 is 2. The molecule has 1 aliphatic heterocycles. The quantitative estimate of drug-likeness (QED) is 0.582. The van der Waals surface area contributed by atoms with Crippen molar-refractivity contribution >= 4 is 8.32 Å². The lowest BCUT2D eigenvalue weighted by Crippen LogP contribution is -2.68. The van der Waals surface area contributed by atoms with E-state index in [1.807, 2.05) is 0 Å². The first-order valence-electron chi connectivity index (χ1n) is 10.0. The van der Waals surface area contributed by atoms with Gasteiger partial charge >= 0.3 is 0 Å². The minimum Gasteiger partial charge on any atom is -0.414 e. The Morgan fingerprint density at radius 2 is 1.59 bits per heavy atom. The van der Waals surface area contributed by atoms with Crippen LogP contribution in [0.4, 0.5) is 0 Å². The number of aliphatic hydroxyl groups is 1. The van der Waals surface area contributed by atoms with Crippen molar-refractivity contribution in [1.29, 1.82) is 0 Å². The van der Waals surface area contributed by atoms with Crippen LogP contribution in [0.5, 0.6) is 0 Å². The third-order valence-electron chi connectivity index (χ3n) is 6.35. The molecule has 7 heteroatoms. The Hall–Kier alpha value is -0.0231. The number of hydrogen-bond donors (Lipinski definition) is 1. The summed E-state index contributed by atoms with van der Waals surface area (Å²) in [5.74, 6) is -2.24. The molecular formula is C20H42O6Si. The van der Waals surface area contributed by atoms with Crippen LogP contribution < -0.4 is 0 Å². The van der Waals surface area contributed by atoms with Gasteiger partial charge in [0.25, 0.3) is 0 Å². The minimum atomic E-state index is -1.97. The van der Waals surface area contributed by atoms with Crippen LogP contribution >= 0.6 is 0 Å². The molecule has 1 saturated heterocycles. The summed E-state index contributed by atoms with van der Waals surface area (Å²) in [6, 6.07) is 0. The van der Waals surface area contributed by atoms with Crippen LogP contribution in [0.15, 0.2) is 0 Å². The lowest BCUT2D eigenvalue weighted by Gasteiger charge is -2.53. The molecule has 1 heterocycles. The van der Waals surface area contributed by atoms with Crippen molar-refractivity contribution in [1.82, 2.24) is 0 Å². The molecule has 0 aromatic carbocycles. The van der Waals surface area contributed by atoms with E-state index in [1.54, 1.807) is 28.1 Å². The highest BCUT2D eigenvalue weighted by atomic mass is 28.4. The summed E-state index contributed by atoms with van der Waals surface area (Å²) < 4.78 is 30.2. The van der Waals surface area contributed by atoms with Gasteiger partial charge < -0.3 is 28.5 Å². The Labute approximate surface area is 167 Å². The molecule has 162 valence electrons. The Bertz CT molecular complexity index is 466. The van der Waals surface area contributed by atoms with Gasteiger partial charge in [-0.25, -0.2) is 0 Å². The fourth-order valence-electron chi connectivity index (χ4n) is 2.91. The zero-order chi connectivity index (χ0) is 21.1. The van der Waals surface area contributed by atoms with E-state index in [4.69, 9.17) is 23.4 Å². The van der Waals surface area contributed by atoms with Crippen molar-refractivity contribution in [3.63, 3.8) is 0 Å². The molecular weight excluding hydrogens is 364 g/mol. The van der Waals surface area contributed by atoms with Crippen LogP contribution in [-0.2, 0) is 23.4 Å². The minimum absolute atomic E-state index is 0.0877. The van der Waals surface area contributed by atoms with Crippen molar-refractivity contribution in [2.24, 2.45) is 0 Å². The van der Waals surface area contributed by atoms with Crippen molar-refractivity contribution in [2.75, 3.05) is 20.8 Å². The topological polar surface area (TPSA) is 66.4 Å². The van der Waals surface area contributed by atoms with E-state index in [-0.39, 0.29) is 5.04 Å². The molecule has 0 bridgehead atoms. The molecule has 1 aliphatic rings. The van der Waals surface area contributed by atoms with Gasteiger partial charge in [-0.05, 0) is 38.4 Å². The molecule has 1 N–H and O–H groups in total. The maximum Gasteiger partial charge on any atom is 0.220 e. The number of aliphatic hydroxyl groups excluding tert-OH is 1. The highest BCUT2D eigenvalue weighted by Crippen LogP contribution is 2.42. The largest absolute Gasteiger partial charge is 0.414 e. The van der Waals surface area contributed by atoms with E-state index in [0.29, 0.717) is 13.0 Å². The second-order valence-corrected chi connectivity index (χ2v) is 14.1. The summed E-state index contributed by atoms with van der Waals surface area (Å²) in [6.45, 7) is 17.0. The molecule has 0 aromatic heterocycles. The van der Waals surface area contributed by atoms with Crippen LogP contribution in [0.1, 0.15) is 60.8 Å². The molecule has 1 rings (SSSR count). The van der Waals surface area contributed by atoms with Gasteiger partial charge in [-0.1, -0.05) is 40.5 Å². The predicted molar refractivity (Wildman–Crippen MR) is 109 cm³/mol. The van der Waals surface area contributed by atoms with Crippen LogP contribution in [0, 0.1) is 0 Å². The van der Waals surface area contributed by atoms with Crippen molar-refractivity contribution in [3.8, 4) is 0 Å². The van der Waals surface area contributed by atoms with Gasteiger partial charge in [-0.15, -0.1) is 0 Å². The third-order valence-corrected chi connectivity index (χ3v) is 10.9. The van der Waals surface area contributed by atoms with E-state index in [9.17, 15) is 5.11 Å². The van der Waals surface area contributed by atoms with Gasteiger partial charge in [-0.2, -0.15) is 0 Å². The molecule has 0 aromatic rings. The summed E-state index contributed by atoms with van der Waals surface area (Å²) >= 11 is 0. The first-order valence-corrected chi connectivity index (χ1v) is 13.0. The smallest absolute Gasteiger partial charge is 0.220 e. The van der Waals surface area contributed by atoms with Crippen molar-refractivity contribution in [3.05, 3.63) is 0 Å². The van der Waals surface area contributed by atoms with Gasteiger partial charge in [0.1, 0.15) is 12.2 Å². The maximum atomic E-state index is 10.8. The standard InChI is InChI=1S/C20H42O6Si/c1-11-12-13-15(21)17-16(14-24-27(9,10)18(2,3)4)25-19(5,22-7)20(6,23-8)26-17/h15-17,21H,11-14H2,1-10H3/t15-,16+,17-,19-,20-/m1/s1. The predicted octanol–water partition coefficient (Wildman–Crippen LogP) is 4.07. The third kappa shape index (κ3) is 5.53. The number of unbranched alkanes of at least 4 members (excludes halogenated alkanes) is 1. The summed E-state index contributed by atoms with van der Waals surface area (Å²) in [4.78, 5) is 0. The summed E-state index contributed by atoms with van der Waals surface area (Å²) in [5.41, 5.74) is 0. The van der Waals surface area contributed by atoms with E-state index >= 15 is 0 Å². The van der Waals surface area contributed by atoms with E-state index in [0.717, 1.165) is 12.8 Å².